The zero-order chi connectivity index (χ0) is 21.1. The fourth-order valence-electron chi connectivity index (χ4n) is 2.97. The van der Waals surface area contributed by atoms with Crippen LogP contribution in [0.5, 0.6) is 11.5 Å². The van der Waals surface area contributed by atoms with E-state index in [9.17, 15) is 9.90 Å². The number of carbonyl (C=O) groups is 1. The van der Waals surface area contributed by atoms with Gasteiger partial charge in [-0.3, -0.25) is 4.79 Å². The maximum absolute atomic E-state index is 12.5. The Bertz CT molecular complexity index is 1030. The molecule has 3 aromatic rings. The Labute approximate surface area is 169 Å². The first-order chi connectivity index (χ1) is 13.8. The van der Waals surface area contributed by atoms with Gasteiger partial charge in [0, 0.05) is 24.9 Å². The topological polar surface area (TPSA) is 102 Å². The molecule has 3 rings (SSSR count). The van der Waals surface area contributed by atoms with Gasteiger partial charge < -0.3 is 15.2 Å². The molecule has 1 amide bonds. The predicted molar refractivity (Wildman–Crippen MR) is 109 cm³/mol. The molecule has 152 valence electrons. The van der Waals surface area contributed by atoms with E-state index in [1.165, 1.54) is 24.9 Å². The molecule has 0 aliphatic rings. The highest BCUT2D eigenvalue weighted by molar-refractivity contribution is 5.95. The molecule has 8 heteroatoms. The molecule has 0 bridgehead atoms. The van der Waals surface area contributed by atoms with E-state index in [2.05, 4.69) is 46.4 Å². The number of pyridine rings is 1. The molecular formula is C21H25N5O3. The SMILES string of the molecule is COc1ccnc(C(=O)N[C@@H](C)c2nc(-c3cccc(C(C)C)c3)n(C)n2)c1O. The van der Waals surface area contributed by atoms with Crippen molar-refractivity contribution >= 4 is 5.91 Å². The van der Waals surface area contributed by atoms with Crippen molar-refractivity contribution in [2.24, 2.45) is 7.05 Å². The summed E-state index contributed by atoms with van der Waals surface area (Å²) in [7, 11) is 3.23. The Morgan fingerprint density at radius 1 is 1.24 bits per heavy atom. The first kappa shape index (κ1) is 20.3. The highest BCUT2D eigenvalue weighted by Crippen LogP contribution is 2.28. The Kier molecular flexibility index (Phi) is 5.81. The van der Waals surface area contributed by atoms with Crippen LogP contribution in [0.1, 0.15) is 54.6 Å². The summed E-state index contributed by atoms with van der Waals surface area (Å²) in [6.45, 7) is 6.06. The van der Waals surface area contributed by atoms with Crippen molar-refractivity contribution in [1.29, 1.82) is 0 Å². The van der Waals surface area contributed by atoms with Gasteiger partial charge in [0.05, 0.1) is 13.2 Å². The van der Waals surface area contributed by atoms with E-state index in [-0.39, 0.29) is 17.2 Å². The molecule has 0 unspecified atom stereocenters. The Hall–Kier alpha value is -3.42. The third-order valence-electron chi connectivity index (χ3n) is 4.65. The average molecular weight is 395 g/mol. The number of carbonyl (C=O) groups excluding carboxylic acids is 1. The van der Waals surface area contributed by atoms with Crippen LogP contribution in [0.2, 0.25) is 0 Å². The lowest BCUT2D eigenvalue weighted by molar-refractivity contribution is 0.0929. The van der Waals surface area contributed by atoms with Gasteiger partial charge in [0.25, 0.3) is 5.91 Å². The number of hydrogen-bond donors (Lipinski definition) is 2. The molecule has 2 heterocycles. The lowest BCUT2D eigenvalue weighted by Crippen LogP contribution is -2.28. The Morgan fingerprint density at radius 2 is 2.00 bits per heavy atom. The lowest BCUT2D eigenvalue weighted by atomic mass is 10.0. The summed E-state index contributed by atoms with van der Waals surface area (Å²) < 4.78 is 6.71. The van der Waals surface area contributed by atoms with Crippen LogP contribution in [0.25, 0.3) is 11.4 Å². The molecule has 0 aliphatic heterocycles. The van der Waals surface area contributed by atoms with Crippen molar-refractivity contribution < 1.29 is 14.6 Å². The average Bonchev–Trinajstić information content (AvgIpc) is 3.10. The minimum Gasteiger partial charge on any atom is -0.503 e. The lowest BCUT2D eigenvalue weighted by Gasteiger charge is -2.12. The van der Waals surface area contributed by atoms with Gasteiger partial charge in [-0.2, -0.15) is 5.10 Å². The molecule has 0 saturated heterocycles. The van der Waals surface area contributed by atoms with Gasteiger partial charge in [0.2, 0.25) is 0 Å². The van der Waals surface area contributed by atoms with Crippen LogP contribution in [-0.4, -0.2) is 37.9 Å². The summed E-state index contributed by atoms with van der Waals surface area (Å²) >= 11 is 0. The number of hydrogen-bond acceptors (Lipinski definition) is 6. The van der Waals surface area contributed by atoms with Gasteiger partial charge in [-0.05, 0) is 24.5 Å². The normalized spacial score (nSPS) is 12.1. The number of aromatic nitrogens is 4. The monoisotopic (exact) mass is 395 g/mol. The summed E-state index contributed by atoms with van der Waals surface area (Å²) in [6, 6.07) is 9.17. The Balaban J connectivity index is 1.83. The number of methoxy groups -OCH3 is 1. The smallest absolute Gasteiger partial charge is 0.274 e. The zero-order valence-corrected chi connectivity index (χ0v) is 17.2. The third kappa shape index (κ3) is 4.21. The molecule has 1 aromatic carbocycles. The fourth-order valence-corrected chi connectivity index (χ4v) is 2.97. The molecular weight excluding hydrogens is 370 g/mol. The van der Waals surface area contributed by atoms with Crippen LogP contribution in [0.15, 0.2) is 36.5 Å². The molecule has 0 radical (unpaired) electrons. The van der Waals surface area contributed by atoms with E-state index in [0.29, 0.717) is 17.6 Å². The number of amides is 1. The molecule has 0 spiro atoms. The number of nitrogens with one attached hydrogen (secondary N) is 1. The summed E-state index contributed by atoms with van der Waals surface area (Å²) in [5.41, 5.74) is 2.06. The largest absolute Gasteiger partial charge is 0.503 e. The summed E-state index contributed by atoms with van der Waals surface area (Å²) in [5, 5.41) is 17.3. The molecule has 0 aliphatic carbocycles. The van der Waals surface area contributed by atoms with E-state index < -0.39 is 11.9 Å². The van der Waals surface area contributed by atoms with Gasteiger partial charge in [-0.15, -0.1) is 0 Å². The van der Waals surface area contributed by atoms with Crippen LogP contribution < -0.4 is 10.1 Å². The molecule has 1 atom stereocenters. The van der Waals surface area contributed by atoms with Crippen molar-refractivity contribution in [1.82, 2.24) is 25.1 Å². The summed E-state index contributed by atoms with van der Waals surface area (Å²) in [6.07, 6.45) is 1.40. The van der Waals surface area contributed by atoms with E-state index in [0.717, 1.165) is 5.56 Å². The number of ether oxygens (including phenoxy) is 1. The molecule has 2 aromatic heterocycles. The zero-order valence-electron chi connectivity index (χ0n) is 17.2. The molecule has 0 fully saturated rings. The van der Waals surface area contributed by atoms with Gasteiger partial charge in [0.15, 0.2) is 28.8 Å². The maximum Gasteiger partial charge on any atom is 0.274 e. The molecule has 8 nitrogen and oxygen atoms in total. The second-order valence-corrected chi connectivity index (χ2v) is 7.10. The number of aryl methyl sites for hydroxylation is 1. The van der Waals surface area contributed by atoms with E-state index in [1.54, 1.807) is 11.6 Å². The number of aromatic hydroxyl groups is 1. The second kappa shape index (κ2) is 8.30. The third-order valence-corrected chi connectivity index (χ3v) is 4.65. The van der Waals surface area contributed by atoms with Crippen LogP contribution in [0, 0.1) is 0 Å². The highest BCUT2D eigenvalue weighted by atomic mass is 16.5. The predicted octanol–water partition coefficient (Wildman–Crippen LogP) is 3.21. The van der Waals surface area contributed by atoms with E-state index in [1.807, 2.05) is 19.2 Å². The van der Waals surface area contributed by atoms with Crippen LogP contribution >= 0.6 is 0 Å². The minimum atomic E-state index is -0.537. The van der Waals surface area contributed by atoms with E-state index >= 15 is 0 Å². The highest BCUT2D eigenvalue weighted by Gasteiger charge is 2.22. The first-order valence-corrected chi connectivity index (χ1v) is 9.36. The summed E-state index contributed by atoms with van der Waals surface area (Å²) in [5.74, 6) is 0.925. The molecule has 2 N–H and O–H groups in total. The van der Waals surface area contributed by atoms with E-state index in [4.69, 9.17) is 4.74 Å². The van der Waals surface area contributed by atoms with Gasteiger partial charge in [-0.1, -0.05) is 32.0 Å². The summed E-state index contributed by atoms with van der Waals surface area (Å²) in [4.78, 5) is 21.1. The number of benzene rings is 1. The second-order valence-electron chi connectivity index (χ2n) is 7.10. The standard InChI is InChI=1S/C21H25N5O3/c1-12(2)14-7-6-8-15(11-14)20-24-19(25-26(20)4)13(3)23-21(28)17-18(27)16(29-5)9-10-22-17/h6-13,27H,1-5H3,(H,23,28)/t13-/m0/s1. The van der Waals surface area contributed by atoms with Gasteiger partial charge in [0.1, 0.15) is 0 Å². The first-order valence-electron chi connectivity index (χ1n) is 9.36. The quantitative estimate of drug-likeness (QED) is 0.664. The van der Waals surface area contributed by atoms with Gasteiger partial charge >= 0.3 is 0 Å². The molecule has 29 heavy (non-hydrogen) atoms. The van der Waals surface area contributed by atoms with Crippen molar-refractivity contribution in [3.8, 4) is 22.9 Å². The van der Waals surface area contributed by atoms with Crippen LogP contribution in [0.3, 0.4) is 0 Å². The van der Waals surface area contributed by atoms with Crippen LogP contribution in [-0.2, 0) is 7.05 Å². The Morgan fingerprint density at radius 3 is 2.69 bits per heavy atom. The minimum absolute atomic E-state index is 0.114. The van der Waals surface area contributed by atoms with Crippen molar-refractivity contribution in [3.63, 3.8) is 0 Å². The molecule has 0 saturated carbocycles. The fraction of sp³-hybridized carbons (Fsp3) is 0.333. The van der Waals surface area contributed by atoms with Crippen molar-refractivity contribution in [2.75, 3.05) is 7.11 Å². The number of rotatable bonds is 6. The maximum atomic E-state index is 12.5. The van der Waals surface area contributed by atoms with Gasteiger partial charge in [-0.25, -0.2) is 14.6 Å². The van der Waals surface area contributed by atoms with Crippen molar-refractivity contribution in [2.45, 2.75) is 32.7 Å². The van der Waals surface area contributed by atoms with Crippen molar-refractivity contribution in [3.05, 3.63) is 53.6 Å². The number of nitrogens with zero attached hydrogens (tertiary/aromatic N) is 4. The van der Waals surface area contributed by atoms with Crippen LogP contribution in [0.4, 0.5) is 0 Å².